The number of nitrogens with zero attached hydrogens (tertiary/aromatic N) is 2. The number of nitrogens with one attached hydrogen (secondary N) is 1. The van der Waals surface area contributed by atoms with E-state index in [1.165, 1.54) is 31.5 Å². The maximum Gasteiger partial charge on any atom is 0.341 e. The van der Waals surface area contributed by atoms with Gasteiger partial charge >= 0.3 is 5.97 Å². The maximum absolute atomic E-state index is 12.0. The first kappa shape index (κ1) is 22.1. The topological polar surface area (TPSA) is 140 Å². The number of amides is 1. The van der Waals surface area contributed by atoms with Gasteiger partial charge in [0.25, 0.3) is 5.69 Å². The highest BCUT2D eigenvalue weighted by atomic mass is 127. The summed E-state index contributed by atoms with van der Waals surface area (Å²) < 4.78 is 11.0. The number of carbonyl (C=O) groups is 2. The summed E-state index contributed by atoms with van der Waals surface area (Å²) in [5.41, 5.74) is 3.03. The third-order valence-electron chi connectivity index (χ3n) is 3.53. The van der Waals surface area contributed by atoms with E-state index in [2.05, 4.69) is 10.5 Å². The Hall–Kier alpha value is -3.22. The molecule has 1 amide bonds. The van der Waals surface area contributed by atoms with Gasteiger partial charge in [0.15, 0.2) is 18.1 Å². The molecule has 2 rings (SSSR count). The molecule has 0 radical (unpaired) electrons. The number of methoxy groups -OCH3 is 1. The molecule has 2 aromatic carbocycles. The summed E-state index contributed by atoms with van der Waals surface area (Å²) in [6.07, 6.45) is 1.17. The number of rotatable bonds is 9. The zero-order chi connectivity index (χ0) is 21.4. The normalized spacial score (nSPS) is 10.6. The smallest absolute Gasteiger partial charge is 0.341 e. The van der Waals surface area contributed by atoms with Crippen molar-refractivity contribution < 1.29 is 29.1 Å². The largest absolute Gasteiger partial charge is 0.493 e. The molecule has 0 spiro atoms. The molecule has 10 nitrogen and oxygen atoms in total. The lowest BCUT2D eigenvalue weighted by molar-refractivity contribution is -0.385. The van der Waals surface area contributed by atoms with Crippen LogP contribution in [0.2, 0.25) is 0 Å². The first-order valence-electron chi connectivity index (χ1n) is 8.08. The van der Waals surface area contributed by atoms with E-state index in [0.29, 0.717) is 14.9 Å². The fourth-order valence-corrected chi connectivity index (χ4v) is 3.10. The highest BCUT2D eigenvalue weighted by Gasteiger charge is 2.15. The van der Waals surface area contributed by atoms with Gasteiger partial charge in [-0.1, -0.05) is 18.2 Å². The fraction of sp³-hybridized carbons (Fsp3) is 0.167. The van der Waals surface area contributed by atoms with Crippen molar-refractivity contribution in [1.29, 1.82) is 0 Å². The van der Waals surface area contributed by atoms with Crippen molar-refractivity contribution in [2.24, 2.45) is 5.10 Å². The molecule has 0 heterocycles. The molecule has 2 N–H and O–H groups in total. The van der Waals surface area contributed by atoms with Crippen molar-refractivity contribution in [3.05, 3.63) is 61.2 Å². The molecular formula is C18H16IN3O7. The monoisotopic (exact) mass is 513 g/mol. The molecule has 0 aromatic heterocycles. The zero-order valence-electron chi connectivity index (χ0n) is 15.1. The van der Waals surface area contributed by atoms with Gasteiger partial charge in [-0.05, 0) is 40.3 Å². The third-order valence-corrected chi connectivity index (χ3v) is 4.34. The highest BCUT2D eigenvalue weighted by Crippen LogP contribution is 2.33. The van der Waals surface area contributed by atoms with E-state index in [0.717, 1.165) is 0 Å². The Labute approximate surface area is 178 Å². The number of nitro groups is 1. The lowest BCUT2D eigenvalue weighted by atomic mass is 10.1. The number of aliphatic carboxylic acids is 1. The highest BCUT2D eigenvalue weighted by molar-refractivity contribution is 14.1. The van der Waals surface area contributed by atoms with Crippen molar-refractivity contribution in [1.82, 2.24) is 5.43 Å². The number of ether oxygens (including phenoxy) is 2. The summed E-state index contributed by atoms with van der Waals surface area (Å²) in [4.78, 5) is 33.1. The summed E-state index contributed by atoms with van der Waals surface area (Å²) in [6.45, 7) is -0.512. The SMILES string of the molecule is COc1cc(/C=N/NC(=O)Cc2ccccc2[N+](=O)[O-])cc(I)c1OCC(=O)O. The number of carbonyl (C=O) groups excluding carboxylic acids is 1. The van der Waals surface area contributed by atoms with E-state index in [4.69, 9.17) is 14.6 Å². The predicted octanol–water partition coefficient (Wildman–Crippen LogP) is 2.36. The lowest BCUT2D eigenvalue weighted by Gasteiger charge is -2.12. The van der Waals surface area contributed by atoms with Crippen molar-refractivity contribution in [3.63, 3.8) is 0 Å². The minimum Gasteiger partial charge on any atom is -0.493 e. The van der Waals surface area contributed by atoms with Crippen LogP contribution >= 0.6 is 22.6 Å². The molecule has 0 fully saturated rings. The van der Waals surface area contributed by atoms with Crippen molar-refractivity contribution >= 4 is 46.4 Å². The average Bonchev–Trinajstić information content (AvgIpc) is 2.66. The summed E-state index contributed by atoms with van der Waals surface area (Å²) >= 11 is 1.96. The van der Waals surface area contributed by atoms with Crippen molar-refractivity contribution in [2.45, 2.75) is 6.42 Å². The van der Waals surface area contributed by atoms with Crippen LogP contribution in [-0.4, -0.2) is 41.8 Å². The third kappa shape index (κ3) is 6.41. The Kier molecular flexibility index (Phi) is 7.88. The molecule has 2 aromatic rings. The second-order valence-corrected chi connectivity index (χ2v) is 6.73. The van der Waals surface area contributed by atoms with Gasteiger partial charge in [-0.25, -0.2) is 10.2 Å². The van der Waals surface area contributed by atoms with E-state index < -0.39 is 23.4 Å². The Morgan fingerprint density at radius 3 is 2.72 bits per heavy atom. The van der Waals surface area contributed by atoms with Gasteiger partial charge in [-0.15, -0.1) is 0 Å². The Balaban J connectivity index is 2.06. The van der Waals surface area contributed by atoms with E-state index in [1.807, 2.05) is 22.6 Å². The summed E-state index contributed by atoms with van der Waals surface area (Å²) in [6, 6.07) is 9.20. The molecule has 152 valence electrons. The summed E-state index contributed by atoms with van der Waals surface area (Å²) in [5.74, 6) is -1.03. The number of benzene rings is 2. The van der Waals surface area contributed by atoms with Crippen LogP contribution in [0.5, 0.6) is 11.5 Å². The van der Waals surface area contributed by atoms with Crippen LogP contribution in [0.1, 0.15) is 11.1 Å². The lowest BCUT2D eigenvalue weighted by Crippen LogP contribution is -2.20. The minimum atomic E-state index is -1.12. The Morgan fingerprint density at radius 1 is 1.34 bits per heavy atom. The molecule has 0 saturated heterocycles. The Bertz CT molecular complexity index is 962. The van der Waals surface area contributed by atoms with Crippen LogP contribution in [0, 0.1) is 13.7 Å². The number of hydrogen-bond acceptors (Lipinski definition) is 7. The number of hydrogen-bond donors (Lipinski definition) is 2. The van der Waals surface area contributed by atoms with E-state index in [-0.39, 0.29) is 23.4 Å². The molecule has 0 aliphatic heterocycles. The molecule has 0 aliphatic rings. The van der Waals surface area contributed by atoms with Gasteiger partial charge in [0, 0.05) is 11.6 Å². The number of para-hydroxylation sites is 1. The number of halogens is 1. The van der Waals surface area contributed by atoms with Gasteiger partial charge in [-0.3, -0.25) is 14.9 Å². The standard InChI is InChI=1S/C18H16IN3O7/c1-28-15-7-11(6-13(19)18(15)29-10-17(24)25)9-20-21-16(23)8-12-4-2-3-5-14(12)22(26)27/h2-7,9H,8,10H2,1H3,(H,21,23)(H,24,25)/b20-9+. The van der Waals surface area contributed by atoms with E-state index in [9.17, 15) is 19.7 Å². The van der Waals surface area contributed by atoms with E-state index in [1.54, 1.807) is 18.2 Å². The fourth-order valence-electron chi connectivity index (χ4n) is 2.32. The summed E-state index contributed by atoms with van der Waals surface area (Å²) in [5, 5.41) is 23.6. The van der Waals surface area contributed by atoms with Gasteiger partial charge in [0.1, 0.15) is 0 Å². The van der Waals surface area contributed by atoms with Crippen LogP contribution in [0.15, 0.2) is 41.5 Å². The second-order valence-electron chi connectivity index (χ2n) is 5.57. The average molecular weight is 513 g/mol. The van der Waals surface area contributed by atoms with Gasteiger partial charge < -0.3 is 14.6 Å². The first-order chi connectivity index (χ1) is 13.8. The molecule has 0 saturated carbocycles. The van der Waals surface area contributed by atoms with Gasteiger partial charge in [-0.2, -0.15) is 5.10 Å². The molecule has 0 atom stereocenters. The van der Waals surface area contributed by atoms with Crippen LogP contribution in [0.25, 0.3) is 0 Å². The van der Waals surface area contributed by atoms with Crippen LogP contribution in [0.4, 0.5) is 5.69 Å². The predicted molar refractivity (Wildman–Crippen MR) is 111 cm³/mol. The second kappa shape index (κ2) is 10.4. The maximum atomic E-state index is 12.0. The quantitative estimate of drug-likeness (QED) is 0.227. The molecule has 0 aliphatic carbocycles. The van der Waals surface area contributed by atoms with Crippen LogP contribution in [-0.2, 0) is 16.0 Å². The molecule has 11 heteroatoms. The number of nitro benzene ring substituents is 1. The zero-order valence-corrected chi connectivity index (χ0v) is 17.3. The first-order valence-corrected chi connectivity index (χ1v) is 9.16. The van der Waals surface area contributed by atoms with Crippen LogP contribution in [0.3, 0.4) is 0 Å². The number of carboxylic acids is 1. The number of hydrazone groups is 1. The molecule has 29 heavy (non-hydrogen) atoms. The minimum absolute atomic E-state index is 0.136. The molecule has 0 bridgehead atoms. The number of carboxylic acid groups (broad SMARTS) is 1. The molecule has 0 unspecified atom stereocenters. The summed E-state index contributed by atoms with van der Waals surface area (Å²) in [7, 11) is 1.41. The Morgan fingerprint density at radius 2 is 2.07 bits per heavy atom. The van der Waals surface area contributed by atoms with Crippen molar-refractivity contribution in [3.8, 4) is 11.5 Å². The van der Waals surface area contributed by atoms with Crippen molar-refractivity contribution in [2.75, 3.05) is 13.7 Å². The van der Waals surface area contributed by atoms with E-state index >= 15 is 0 Å². The van der Waals surface area contributed by atoms with Gasteiger partial charge in [0.2, 0.25) is 5.91 Å². The van der Waals surface area contributed by atoms with Crippen LogP contribution < -0.4 is 14.9 Å². The van der Waals surface area contributed by atoms with Gasteiger partial charge in [0.05, 0.1) is 28.2 Å². The molecular weight excluding hydrogens is 497 g/mol.